The highest BCUT2D eigenvalue weighted by Crippen LogP contribution is 2.36. The van der Waals surface area contributed by atoms with Crippen LogP contribution in [0.5, 0.6) is 5.75 Å². The molecule has 0 fully saturated rings. The van der Waals surface area contributed by atoms with E-state index in [2.05, 4.69) is 35.3 Å². The van der Waals surface area contributed by atoms with Crippen LogP contribution in [0.2, 0.25) is 0 Å². The zero-order valence-electron chi connectivity index (χ0n) is 21.0. The zero-order valence-corrected chi connectivity index (χ0v) is 21.0. The number of hydrogen-bond donors (Lipinski definition) is 3. The Morgan fingerprint density at radius 1 is 1.22 bits per heavy atom. The van der Waals surface area contributed by atoms with Gasteiger partial charge in [0.2, 0.25) is 0 Å². The number of anilines is 2. The van der Waals surface area contributed by atoms with Crippen molar-refractivity contribution in [1.82, 2.24) is 4.90 Å². The second-order valence-corrected chi connectivity index (χ2v) is 9.32. The smallest absolute Gasteiger partial charge is 0.304 e. The predicted molar refractivity (Wildman–Crippen MR) is 141 cm³/mol. The molecule has 0 amide bonds. The van der Waals surface area contributed by atoms with Crippen LogP contribution in [-0.4, -0.2) is 36.2 Å². The molecule has 7 heteroatoms. The second kappa shape index (κ2) is 10.7. The SMILES string of the molecule is CNc1ccc(C(CC(=O)O)c2ccc(C)c(CN3CCOc4ccc(C#N)cc4C3)c2)c(C)c1N. The molecule has 1 atom stereocenters. The molecule has 0 saturated heterocycles. The van der Waals surface area contributed by atoms with Gasteiger partial charge >= 0.3 is 5.97 Å². The zero-order chi connectivity index (χ0) is 25.8. The standard InChI is InChI=1S/C29H32N4O3/c1-18-4-6-21(25(14-28(34)35)24-7-8-26(32-3)29(31)19(24)2)13-22(18)16-33-10-11-36-27-9-5-20(15-30)12-23(27)17-33/h4-9,12-13,25,32H,10-11,14,16-17,31H2,1-3H3,(H,34,35). The van der Waals surface area contributed by atoms with Gasteiger partial charge in [0.25, 0.3) is 0 Å². The minimum atomic E-state index is -0.854. The predicted octanol–water partition coefficient (Wildman–Crippen LogP) is 4.80. The molecule has 4 N–H and O–H groups in total. The van der Waals surface area contributed by atoms with Gasteiger partial charge in [0.15, 0.2) is 0 Å². The summed E-state index contributed by atoms with van der Waals surface area (Å²) in [7, 11) is 1.82. The number of aryl methyl sites for hydroxylation is 1. The first-order valence-electron chi connectivity index (χ1n) is 12.1. The molecule has 1 aliphatic heterocycles. The number of hydrogen-bond acceptors (Lipinski definition) is 6. The summed E-state index contributed by atoms with van der Waals surface area (Å²) >= 11 is 0. The van der Waals surface area contributed by atoms with Crippen molar-refractivity contribution >= 4 is 17.3 Å². The molecular formula is C29H32N4O3. The highest BCUT2D eigenvalue weighted by atomic mass is 16.5. The highest BCUT2D eigenvalue weighted by Gasteiger charge is 2.23. The molecule has 0 aliphatic carbocycles. The molecule has 0 aromatic heterocycles. The maximum absolute atomic E-state index is 11.9. The number of nitriles is 1. The maximum Gasteiger partial charge on any atom is 0.304 e. The Morgan fingerprint density at radius 2 is 2.03 bits per heavy atom. The lowest BCUT2D eigenvalue weighted by Crippen LogP contribution is -2.25. The average molecular weight is 485 g/mol. The third-order valence-electron chi connectivity index (χ3n) is 7.00. The third-order valence-corrected chi connectivity index (χ3v) is 7.00. The van der Waals surface area contributed by atoms with Gasteiger partial charge in [0.1, 0.15) is 12.4 Å². The van der Waals surface area contributed by atoms with Gasteiger partial charge in [-0.05, 0) is 65.9 Å². The van der Waals surface area contributed by atoms with Crippen molar-refractivity contribution in [2.24, 2.45) is 0 Å². The number of ether oxygens (including phenoxy) is 1. The normalized spacial score (nSPS) is 14.2. The van der Waals surface area contributed by atoms with Crippen molar-refractivity contribution in [2.75, 3.05) is 31.2 Å². The van der Waals surface area contributed by atoms with E-state index in [1.165, 1.54) is 0 Å². The van der Waals surface area contributed by atoms with Gasteiger partial charge in [-0.1, -0.05) is 24.3 Å². The fourth-order valence-corrected chi connectivity index (χ4v) is 4.90. The quantitative estimate of drug-likeness (QED) is 0.413. The van der Waals surface area contributed by atoms with Gasteiger partial charge < -0.3 is 20.9 Å². The van der Waals surface area contributed by atoms with Crippen LogP contribution in [0.25, 0.3) is 0 Å². The number of nitrogens with two attached hydrogens (primary N) is 1. The van der Waals surface area contributed by atoms with Crippen LogP contribution in [0.4, 0.5) is 11.4 Å². The Labute approximate surface area is 212 Å². The number of nitrogens with one attached hydrogen (secondary N) is 1. The van der Waals surface area contributed by atoms with Crippen molar-refractivity contribution in [3.8, 4) is 11.8 Å². The first kappa shape index (κ1) is 25.1. The van der Waals surface area contributed by atoms with Gasteiger partial charge in [0, 0.05) is 38.2 Å². The van der Waals surface area contributed by atoms with Crippen LogP contribution in [0, 0.1) is 25.2 Å². The van der Waals surface area contributed by atoms with Gasteiger partial charge in [-0.25, -0.2) is 0 Å². The number of rotatable bonds is 7. The Bertz CT molecular complexity index is 1330. The number of fused-ring (bicyclic) bond motifs is 1. The number of benzene rings is 3. The number of carbonyl (C=O) groups is 1. The lowest BCUT2D eigenvalue weighted by atomic mass is 9.84. The van der Waals surface area contributed by atoms with E-state index in [0.717, 1.165) is 51.4 Å². The number of nitrogens with zero attached hydrogens (tertiary/aromatic N) is 2. The largest absolute Gasteiger partial charge is 0.492 e. The summed E-state index contributed by atoms with van der Waals surface area (Å²) in [6.07, 6.45) is -0.0243. The number of carboxylic acid groups (broad SMARTS) is 1. The summed E-state index contributed by atoms with van der Waals surface area (Å²) in [6, 6.07) is 17.8. The average Bonchev–Trinajstić information content (AvgIpc) is 3.06. The van der Waals surface area contributed by atoms with Crippen LogP contribution in [0.1, 0.15) is 51.3 Å². The van der Waals surface area contributed by atoms with E-state index < -0.39 is 5.97 Å². The number of nitrogen functional groups attached to an aromatic ring is 1. The van der Waals surface area contributed by atoms with Crippen molar-refractivity contribution in [3.63, 3.8) is 0 Å². The van der Waals surface area contributed by atoms with Crippen LogP contribution in [0.15, 0.2) is 48.5 Å². The monoisotopic (exact) mass is 484 g/mol. The molecule has 0 saturated carbocycles. The van der Waals surface area contributed by atoms with E-state index in [-0.39, 0.29) is 12.3 Å². The van der Waals surface area contributed by atoms with Crippen molar-refractivity contribution in [3.05, 3.63) is 87.5 Å². The Hall–Kier alpha value is -4.02. The van der Waals surface area contributed by atoms with E-state index in [1.54, 1.807) is 6.07 Å². The summed E-state index contributed by atoms with van der Waals surface area (Å²) in [4.78, 5) is 14.2. The molecule has 36 heavy (non-hydrogen) atoms. The summed E-state index contributed by atoms with van der Waals surface area (Å²) in [5.74, 6) is -0.352. The molecular weight excluding hydrogens is 452 g/mol. The highest BCUT2D eigenvalue weighted by molar-refractivity contribution is 5.74. The van der Waals surface area contributed by atoms with E-state index in [9.17, 15) is 15.2 Å². The Balaban J connectivity index is 1.66. The van der Waals surface area contributed by atoms with Gasteiger partial charge in [-0.2, -0.15) is 5.26 Å². The van der Waals surface area contributed by atoms with Crippen molar-refractivity contribution < 1.29 is 14.6 Å². The second-order valence-electron chi connectivity index (χ2n) is 9.32. The first-order chi connectivity index (χ1) is 17.3. The lowest BCUT2D eigenvalue weighted by molar-refractivity contribution is -0.137. The fourth-order valence-electron chi connectivity index (χ4n) is 4.90. The van der Waals surface area contributed by atoms with E-state index in [0.29, 0.717) is 30.9 Å². The third kappa shape index (κ3) is 5.29. The summed E-state index contributed by atoms with van der Waals surface area (Å²) in [6.45, 7) is 6.70. The van der Waals surface area contributed by atoms with Crippen LogP contribution in [0.3, 0.4) is 0 Å². The van der Waals surface area contributed by atoms with Crippen LogP contribution < -0.4 is 15.8 Å². The minimum absolute atomic E-state index is 0.0243. The van der Waals surface area contributed by atoms with E-state index in [4.69, 9.17) is 10.5 Å². The molecule has 0 radical (unpaired) electrons. The number of carboxylic acids is 1. The number of aliphatic carboxylic acids is 1. The van der Waals surface area contributed by atoms with E-state index >= 15 is 0 Å². The molecule has 3 aromatic rings. The van der Waals surface area contributed by atoms with E-state index in [1.807, 2.05) is 44.3 Å². The fraction of sp³-hybridized carbons (Fsp3) is 0.310. The summed E-state index contributed by atoms with van der Waals surface area (Å²) < 4.78 is 5.92. The molecule has 4 rings (SSSR count). The van der Waals surface area contributed by atoms with Crippen LogP contribution in [-0.2, 0) is 17.9 Å². The lowest BCUT2D eigenvalue weighted by Gasteiger charge is -2.24. The minimum Gasteiger partial charge on any atom is -0.492 e. The molecule has 0 spiro atoms. The Kier molecular flexibility index (Phi) is 7.47. The molecule has 7 nitrogen and oxygen atoms in total. The van der Waals surface area contributed by atoms with Gasteiger partial charge in [-0.15, -0.1) is 0 Å². The maximum atomic E-state index is 11.9. The molecule has 3 aromatic carbocycles. The molecule has 0 bridgehead atoms. The summed E-state index contributed by atoms with van der Waals surface area (Å²) in [5.41, 5.74) is 14.5. The molecule has 186 valence electrons. The Morgan fingerprint density at radius 3 is 2.75 bits per heavy atom. The van der Waals surface area contributed by atoms with Gasteiger partial charge in [0.05, 0.1) is 29.4 Å². The van der Waals surface area contributed by atoms with Crippen molar-refractivity contribution in [1.29, 1.82) is 5.26 Å². The first-order valence-corrected chi connectivity index (χ1v) is 12.1. The summed E-state index contributed by atoms with van der Waals surface area (Å²) in [5, 5.41) is 22.1. The molecule has 1 unspecified atom stereocenters. The van der Waals surface area contributed by atoms with Gasteiger partial charge in [-0.3, -0.25) is 9.69 Å². The topological polar surface area (TPSA) is 112 Å². The van der Waals surface area contributed by atoms with Crippen LogP contribution >= 0.6 is 0 Å². The van der Waals surface area contributed by atoms with Crippen molar-refractivity contribution in [2.45, 2.75) is 39.3 Å². The molecule has 1 aliphatic rings. The molecule has 1 heterocycles.